The lowest BCUT2D eigenvalue weighted by atomic mass is 10.1. The Labute approximate surface area is 165 Å². The standard InChI is InChI=1S/C22H28N2O4/c1-14-17(18-10-15(25-2)6-7-20(18)24-14)8-9-23-13-19-21(27-4)11-16(26-3)12-22(19)28-5/h6-7,10-12,23-24H,8-9,13H2,1-5H3/p+1. The maximum atomic E-state index is 5.54. The van der Waals surface area contributed by atoms with Crippen LogP contribution in [-0.2, 0) is 13.0 Å². The molecule has 0 saturated carbocycles. The molecule has 1 aromatic heterocycles. The summed E-state index contributed by atoms with van der Waals surface area (Å²) in [5.41, 5.74) is 4.71. The molecule has 0 spiro atoms. The van der Waals surface area contributed by atoms with Crippen molar-refractivity contribution in [3.63, 3.8) is 0 Å². The minimum absolute atomic E-state index is 0.723. The summed E-state index contributed by atoms with van der Waals surface area (Å²) in [5, 5.41) is 3.50. The molecule has 6 nitrogen and oxygen atoms in total. The number of rotatable bonds is 9. The van der Waals surface area contributed by atoms with E-state index in [0.29, 0.717) is 0 Å². The van der Waals surface area contributed by atoms with E-state index < -0.39 is 0 Å². The van der Waals surface area contributed by atoms with E-state index >= 15 is 0 Å². The van der Waals surface area contributed by atoms with Gasteiger partial charge in [0.25, 0.3) is 0 Å². The van der Waals surface area contributed by atoms with Crippen LogP contribution in [0.25, 0.3) is 10.9 Å². The van der Waals surface area contributed by atoms with E-state index in [2.05, 4.69) is 29.4 Å². The van der Waals surface area contributed by atoms with Gasteiger partial charge in [-0.05, 0) is 30.7 Å². The number of nitrogens with one attached hydrogen (secondary N) is 1. The molecule has 6 heteroatoms. The van der Waals surface area contributed by atoms with Gasteiger partial charge in [0.2, 0.25) is 0 Å². The Hall–Kier alpha value is -2.86. The molecule has 28 heavy (non-hydrogen) atoms. The van der Waals surface area contributed by atoms with Crippen LogP contribution in [0.3, 0.4) is 0 Å². The van der Waals surface area contributed by atoms with Crippen molar-refractivity contribution in [1.82, 2.24) is 4.98 Å². The Kier molecular flexibility index (Phi) is 6.31. The highest BCUT2D eigenvalue weighted by atomic mass is 16.5. The summed E-state index contributed by atoms with van der Waals surface area (Å²) in [6.45, 7) is 3.84. The normalized spacial score (nSPS) is 10.9. The number of H-pyrrole nitrogens is 1. The van der Waals surface area contributed by atoms with E-state index in [4.69, 9.17) is 18.9 Å². The minimum atomic E-state index is 0.723. The van der Waals surface area contributed by atoms with Gasteiger partial charge in [-0.2, -0.15) is 0 Å². The molecule has 0 radical (unpaired) electrons. The Bertz CT molecular complexity index is 924. The van der Waals surface area contributed by atoms with Gasteiger partial charge in [-0.15, -0.1) is 0 Å². The highest BCUT2D eigenvalue weighted by molar-refractivity contribution is 5.86. The van der Waals surface area contributed by atoms with Gasteiger partial charge >= 0.3 is 0 Å². The molecule has 0 aliphatic carbocycles. The molecule has 150 valence electrons. The number of quaternary nitrogens is 1. The maximum absolute atomic E-state index is 5.54. The quantitative estimate of drug-likeness (QED) is 0.556. The van der Waals surface area contributed by atoms with Gasteiger partial charge in [0.1, 0.15) is 29.5 Å². The number of aryl methyl sites for hydroxylation is 1. The molecule has 1 heterocycles. The van der Waals surface area contributed by atoms with Crippen LogP contribution in [0.1, 0.15) is 16.8 Å². The zero-order valence-corrected chi connectivity index (χ0v) is 17.2. The zero-order valence-electron chi connectivity index (χ0n) is 17.2. The number of methoxy groups -OCH3 is 4. The topological polar surface area (TPSA) is 69.3 Å². The summed E-state index contributed by atoms with van der Waals surface area (Å²) in [5.74, 6) is 3.16. The number of nitrogens with two attached hydrogens (primary N) is 1. The Balaban J connectivity index is 1.71. The van der Waals surface area contributed by atoms with Crippen LogP contribution in [0.4, 0.5) is 0 Å². The van der Waals surface area contributed by atoms with E-state index in [0.717, 1.165) is 53.6 Å². The summed E-state index contributed by atoms with van der Waals surface area (Å²) in [6.07, 6.45) is 0.958. The molecule has 3 aromatic rings. The smallest absolute Gasteiger partial charge is 0.135 e. The summed E-state index contributed by atoms with van der Waals surface area (Å²) in [6, 6.07) is 9.94. The molecule has 0 unspecified atom stereocenters. The first-order valence-electron chi connectivity index (χ1n) is 9.37. The van der Waals surface area contributed by atoms with Crippen molar-refractivity contribution in [3.8, 4) is 23.0 Å². The van der Waals surface area contributed by atoms with Crippen molar-refractivity contribution < 1.29 is 24.3 Å². The third kappa shape index (κ3) is 4.02. The van der Waals surface area contributed by atoms with Crippen LogP contribution in [0.2, 0.25) is 0 Å². The predicted octanol–water partition coefficient (Wildman–Crippen LogP) is 2.82. The molecule has 0 aliphatic rings. The highest BCUT2D eigenvalue weighted by Gasteiger charge is 2.15. The van der Waals surface area contributed by atoms with E-state index in [1.807, 2.05) is 18.2 Å². The number of aromatic amines is 1. The van der Waals surface area contributed by atoms with Gasteiger partial charge in [0, 0.05) is 35.2 Å². The molecule has 0 amide bonds. The molecule has 0 aliphatic heterocycles. The second-order valence-corrected chi connectivity index (χ2v) is 6.68. The first-order chi connectivity index (χ1) is 13.6. The Morgan fingerprint density at radius 2 is 1.50 bits per heavy atom. The lowest BCUT2D eigenvalue weighted by Crippen LogP contribution is -2.83. The van der Waals surface area contributed by atoms with Gasteiger partial charge in [-0.1, -0.05) is 0 Å². The Morgan fingerprint density at radius 1 is 0.821 bits per heavy atom. The number of benzene rings is 2. The summed E-state index contributed by atoms with van der Waals surface area (Å²) >= 11 is 0. The van der Waals surface area contributed by atoms with Gasteiger partial charge in [0.05, 0.1) is 40.5 Å². The third-order valence-corrected chi connectivity index (χ3v) is 5.09. The predicted molar refractivity (Wildman–Crippen MR) is 110 cm³/mol. The van der Waals surface area contributed by atoms with Crippen LogP contribution in [0.5, 0.6) is 23.0 Å². The van der Waals surface area contributed by atoms with Crippen molar-refractivity contribution >= 4 is 10.9 Å². The van der Waals surface area contributed by atoms with E-state index in [-0.39, 0.29) is 0 Å². The summed E-state index contributed by atoms with van der Waals surface area (Å²) < 4.78 is 21.8. The lowest BCUT2D eigenvalue weighted by molar-refractivity contribution is -0.670. The van der Waals surface area contributed by atoms with Gasteiger partial charge < -0.3 is 29.2 Å². The molecule has 0 saturated heterocycles. The first kappa shape index (κ1) is 19.9. The monoisotopic (exact) mass is 385 g/mol. The number of fused-ring (bicyclic) bond motifs is 1. The SMILES string of the molecule is COc1cc(OC)c(C[NH2+]CCc2c(C)[nH]c3ccc(OC)cc23)c(OC)c1. The zero-order chi connectivity index (χ0) is 20.1. The van der Waals surface area contributed by atoms with Gasteiger partial charge in [-0.3, -0.25) is 0 Å². The van der Waals surface area contributed by atoms with E-state index in [9.17, 15) is 0 Å². The number of ether oxygens (including phenoxy) is 4. The van der Waals surface area contributed by atoms with Crippen LogP contribution in [0, 0.1) is 6.92 Å². The summed E-state index contributed by atoms with van der Waals surface area (Å²) in [7, 11) is 6.67. The molecule has 0 atom stereocenters. The largest absolute Gasteiger partial charge is 0.497 e. The minimum Gasteiger partial charge on any atom is -0.497 e. The second-order valence-electron chi connectivity index (χ2n) is 6.68. The fraction of sp³-hybridized carbons (Fsp3) is 0.364. The molecule has 3 N–H and O–H groups in total. The fourth-order valence-electron chi connectivity index (χ4n) is 3.58. The van der Waals surface area contributed by atoms with Crippen molar-refractivity contribution in [2.45, 2.75) is 19.9 Å². The van der Waals surface area contributed by atoms with Gasteiger partial charge in [0.15, 0.2) is 0 Å². The van der Waals surface area contributed by atoms with Crippen molar-refractivity contribution in [2.75, 3.05) is 35.0 Å². The molecular formula is C22H29N2O4+. The van der Waals surface area contributed by atoms with E-state index in [1.165, 1.54) is 16.6 Å². The second kappa shape index (κ2) is 8.89. The number of hydrogen-bond donors (Lipinski definition) is 2. The van der Waals surface area contributed by atoms with E-state index in [1.54, 1.807) is 28.4 Å². The lowest BCUT2D eigenvalue weighted by Gasteiger charge is -2.14. The number of aromatic nitrogens is 1. The van der Waals surface area contributed by atoms with Crippen LogP contribution in [-0.4, -0.2) is 40.0 Å². The first-order valence-corrected chi connectivity index (χ1v) is 9.37. The summed E-state index contributed by atoms with van der Waals surface area (Å²) in [4.78, 5) is 3.46. The van der Waals surface area contributed by atoms with Crippen molar-refractivity contribution in [2.24, 2.45) is 0 Å². The molecular weight excluding hydrogens is 356 g/mol. The molecule has 3 rings (SSSR count). The third-order valence-electron chi connectivity index (χ3n) is 5.09. The Morgan fingerprint density at radius 3 is 2.11 bits per heavy atom. The van der Waals surface area contributed by atoms with Crippen LogP contribution < -0.4 is 24.3 Å². The van der Waals surface area contributed by atoms with Crippen LogP contribution >= 0.6 is 0 Å². The average Bonchev–Trinajstić information content (AvgIpc) is 3.04. The van der Waals surface area contributed by atoms with Gasteiger partial charge in [-0.25, -0.2) is 0 Å². The van der Waals surface area contributed by atoms with Crippen molar-refractivity contribution in [3.05, 3.63) is 47.2 Å². The number of hydrogen-bond acceptors (Lipinski definition) is 4. The fourth-order valence-corrected chi connectivity index (χ4v) is 3.58. The molecule has 0 fully saturated rings. The molecule has 2 aromatic carbocycles. The highest BCUT2D eigenvalue weighted by Crippen LogP contribution is 2.33. The van der Waals surface area contributed by atoms with Crippen molar-refractivity contribution in [1.29, 1.82) is 0 Å². The maximum Gasteiger partial charge on any atom is 0.135 e. The average molecular weight is 385 g/mol. The van der Waals surface area contributed by atoms with Crippen LogP contribution in [0.15, 0.2) is 30.3 Å². The molecule has 0 bridgehead atoms.